The van der Waals surface area contributed by atoms with Gasteiger partial charge in [0, 0.05) is 5.56 Å². The van der Waals surface area contributed by atoms with E-state index >= 15 is 0 Å². The summed E-state index contributed by atoms with van der Waals surface area (Å²) < 4.78 is 0. The third-order valence-electron chi connectivity index (χ3n) is 1.98. The number of hydrogen-bond acceptors (Lipinski definition) is 2. The Labute approximate surface area is 99.3 Å². The Bertz CT molecular complexity index is 451. The summed E-state index contributed by atoms with van der Waals surface area (Å²) in [6.07, 6.45) is 0.531. The van der Waals surface area contributed by atoms with Crippen LogP contribution in [-0.4, -0.2) is 17.4 Å². The quantitative estimate of drug-likeness (QED) is 0.804. The fourth-order valence-corrected chi connectivity index (χ4v) is 1.18. The standard InChI is InChI=1S/C8H6O3.C6H6/c9-5-6-3-1-2-4-7(6)8(10)11;1-2-4-6-5-3-1/h1-5H,(H,10,11);1-6H. The van der Waals surface area contributed by atoms with Crippen LogP contribution in [0.5, 0.6) is 0 Å². The molecule has 0 radical (unpaired) electrons. The Kier molecular flexibility index (Phi) is 5.17. The molecule has 17 heavy (non-hydrogen) atoms. The SMILES string of the molecule is O=Cc1ccccc1C(=O)O.c1ccccc1. The van der Waals surface area contributed by atoms with Gasteiger partial charge in [0.1, 0.15) is 0 Å². The number of carbonyl (C=O) groups is 2. The predicted molar refractivity (Wildman–Crippen MR) is 65.2 cm³/mol. The van der Waals surface area contributed by atoms with Gasteiger partial charge in [0.25, 0.3) is 0 Å². The highest BCUT2D eigenvalue weighted by Gasteiger charge is 2.06. The lowest BCUT2D eigenvalue weighted by atomic mass is 10.1. The van der Waals surface area contributed by atoms with Crippen LogP contribution in [0.1, 0.15) is 20.7 Å². The van der Waals surface area contributed by atoms with E-state index in [1.54, 1.807) is 12.1 Å². The van der Waals surface area contributed by atoms with Crippen molar-refractivity contribution in [1.29, 1.82) is 0 Å². The van der Waals surface area contributed by atoms with Gasteiger partial charge < -0.3 is 5.11 Å². The molecule has 0 heterocycles. The molecule has 0 saturated carbocycles. The predicted octanol–water partition coefficient (Wildman–Crippen LogP) is 2.88. The zero-order valence-electron chi connectivity index (χ0n) is 9.11. The van der Waals surface area contributed by atoms with Crippen LogP contribution in [0.25, 0.3) is 0 Å². The van der Waals surface area contributed by atoms with Crippen LogP contribution in [0, 0.1) is 0 Å². The monoisotopic (exact) mass is 228 g/mol. The number of hydrogen-bond donors (Lipinski definition) is 1. The molecule has 86 valence electrons. The third kappa shape index (κ3) is 4.30. The summed E-state index contributed by atoms with van der Waals surface area (Å²) in [5.41, 5.74) is 0.252. The lowest BCUT2D eigenvalue weighted by molar-refractivity contribution is 0.0694. The molecule has 0 bridgehead atoms. The summed E-state index contributed by atoms with van der Waals surface area (Å²) in [7, 11) is 0. The Morgan fingerprint density at radius 3 is 1.71 bits per heavy atom. The van der Waals surface area contributed by atoms with Gasteiger partial charge in [0.2, 0.25) is 0 Å². The van der Waals surface area contributed by atoms with Crippen LogP contribution in [0.2, 0.25) is 0 Å². The summed E-state index contributed by atoms with van der Waals surface area (Å²) in [5, 5.41) is 8.54. The summed E-state index contributed by atoms with van der Waals surface area (Å²) >= 11 is 0. The van der Waals surface area contributed by atoms with Gasteiger partial charge in [-0.3, -0.25) is 4.79 Å². The van der Waals surface area contributed by atoms with E-state index in [-0.39, 0.29) is 11.1 Å². The van der Waals surface area contributed by atoms with Crippen molar-refractivity contribution in [1.82, 2.24) is 0 Å². The number of carboxylic acids is 1. The second-order valence-electron chi connectivity index (χ2n) is 3.16. The molecule has 0 aromatic heterocycles. The summed E-state index contributed by atoms with van der Waals surface area (Å²) in [4.78, 5) is 20.7. The average Bonchev–Trinajstić information content (AvgIpc) is 2.41. The minimum Gasteiger partial charge on any atom is -0.478 e. The number of carbonyl (C=O) groups excluding carboxylic acids is 1. The van der Waals surface area contributed by atoms with Crippen LogP contribution < -0.4 is 0 Å². The van der Waals surface area contributed by atoms with Crippen LogP contribution >= 0.6 is 0 Å². The molecule has 0 aliphatic heterocycles. The van der Waals surface area contributed by atoms with Gasteiger partial charge in [-0.15, -0.1) is 0 Å². The smallest absolute Gasteiger partial charge is 0.336 e. The second kappa shape index (κ2) is 6.95. The lowest BCUT2D eigenvalue weighted by Gasteiger charge is -1.95. The normalized spacial score (nSPS) is 8.71. The van der Waals surface area contributed by atoms with Crippen molar-refractivity contribution in [3.8, 4) is 0 Å². The van der Waals surface area contributed by atoms with Crippen molar-refractivity contribution < 1.29 is 14.7 Å². The number of aromatic carboxylic acids is 1. The number of benzene rings is 2. The molecule has 3 heteroatoms. The minimum atomic E-state index is -1.08. The van der Waals surface area contributed by atoms with Gasteiger partial charge in [-0.05, 0) is 6.07 Å². The highest BCUT2D eigenvalue weighted by atomic mass is 16.4. The Morgan fingerprint density at radius 2 is 1.35 bits per heavy atom. The molecule has 0 amide bonds. The van der Waals surface area contributed by atoms with Crippen molar-refractivity contribution >= 4 is 12.3 Å². The molecule has 2 aromatic carbocycles. The maximum Gasteiger partial charge on any atom is 0.336 e. The topological polar surface area (TPSA) is 54.4 Å². The highest BCUT2D eigenvalue weighted by molar-refractivity contribution is 5.96. The van der Waals surface area contributed by atoms with Gasteiger partial charge in [-0.25, -0.2) is 4.79 Å². The van der Waals surface area contributed by atoms with E-state index in [0.717, 1.165) is 0 Å². The van der Waals surface area contributed by atoms with E-state index in [0.29, 0.717) is 6.29 Å². The average molecular weight is 228 g/mol. The fourth-order valence-electron chi connectivity index (χ4n) is 1.18. The third-order valence-corrected chi connectivity index (χ3v) is 1.98. The molecular formula is C14H12O3. The van der Waals surface area contributed by atoms with Crippen molar-refractivity contribution in [3.05, 3.63) is 71.8 Å². The molecule has 3 nitrogen and oxygen atoms in total. The minimum absolute atomic E-state index is 0.0440. The van der Waals surface area contributed by atoms with Crippen molar-refractivity contribution in [2.45, 2.75) is 0 Å². The largest absolute Gasteiger partial charge is 0.478 e. The molecule has 0 aliphatic carbocycles. The number of rotatable bonds is 2. The van der Waals surface area contributed by atoms with E-state index in [1.165, 1.54) is 12.1 Å². The number of carboxylic acid groups (broad SMARTS) is 1. The Morgan fingerprint density at radius 1 is 0.882 bits per heavy atom. The molecule has 0 atom stereocenters. The van der Waals surface area contributed by atoms with Gasteiger partial charge in [-0.2, -0.15) is 0 Å². The molecule has 0 aliphatic rings. The van der Waals surface area contributed by atoms with Crippen LogP contribution in [-0.2, 0) is 0 Å². The maximum atomic E-state index is 10.4. The summed E-state index contributed by atoms with van der Waals surface area (Å²) in [5.74, 6) is -1.08. The first-order valence-electron chi connectivity index (χ1n) is 5.03. The van der Waals surface area contributed by atoms with Gasteiger partial charge in [-0.1, -0.05) is 54.6 Å². The molecule has 0 saturated heterocycles. The van der Waals surface area contributed by atoms with E-state index in [1.807, 2.05) is 36.4 Å². The lowest BCUT2D eigenvalue weighted by Crippen LogP contribution is -2.00. The first-order chi connectivity index (χ1) is 8.25. The van der Waals surface area contributed by atoms with Gasteiger partial charge in [0.05, 0.1) is 5.56 Å². The van der Waals surface area contributed by atoms with E-state index in [2.05, 4.69) is 0 Å². The van der Waals surface area contributed by atoms with Crippen molar-refractivity contribution in [2.24, 2.45) is 0 Å². The van der Waals surface area contributed by atoms with Crippen LogP contribution in [0.3, 0.4) is 0 Å². The van der Waals surface area contributed by atoms with Crippen LogP contribution in [0.15, 0.2) is 60.7 Å². The fraction of sp³-hybridized carbons (Fsp3) is 0. The van der Waals surface area contributed by atoms with Crippen LogP contribution in [0.4, 0.5) is 0 Å². The molecule has 0 fully saturated rings. The zero-order valence-corrected chi connectivity index (χ0v) is 9.11. The Hall–Kier alpha value is -2.42. The van der Waals surface area contributed by atoms with Gasteiger partial charge >= 0.3 is 5.97 Å². The molecule has 0 unspecified atom stereocenters. The molecule has 0 spiro atoms. The van der Waals surface area contributed by atoms with E-state index < -0.39 is 5.97 Å². The van der Waals surface area contributed by atoms with E-state index in [9.17, 15) is 9.59 Å². The molecule has 1 N–H and O–H groups in total. The Balaban J connectivity index is 0.000000202. The second-order valence-corrected chi connectivity index (χ2v) is 3.16. The van der Waals surface area contributed by atoms with Crippen molar-refractivity contribution in [2.75, 3.05) is 0 Å². The van der Waals surface area contributed by atoms with Gasteiger partial charge in [0.15, 0.2) is 6.29 Å². The zero-order chi connectivity index (χ0) is 12.5. The highest BCUT2D eigenvalue weighted by Crippen LogP contribution is 2.04. The van der Waals surface area contributed by atoms with E-state index in [4.69, 9.17) is 5.11 Å². The molecule has 2 aromatic rings. The van der Waals surface area contributed by atoms with Crippen molar-refractivity contribution in [3.63, 3.8) is 0 Å². The maximum absolute atomic E-state index is 10.4. The first-order valence-corrected chi connectivity index (χ1v) is 5.03. The summed E-state index contributed by atoms with van der Waals surface area (Å²) in [6, 6.07) is 18.1. The molecular weight excluding hydrogens is 216 g/mol. The first kappa shape index (κ1) is 12.6. The number of aldehydes is 1. The summed E-state index contributed by atoms with van der Waals surface area (Å²) in [6.45, 7) is 0. The molecule has 2 rings (SSSR count).